The second-order valence-electron chi connectivity index (χ2n) is 6.15. The summed E-state index contributed by atoms with van der Waals surface area (Å²) in [6.45, 7) is 2.01. The molecule has 0 spiro atoms. The van der Waals surface area contributed by atoms with E-state index in [1.807, 2.05) is 43.3 Å². The van der Waals surface area contributed by atoms with Gasteiger partial charge >= 0.3 is 0 Å². The maximum absolute atomic E-state index is 12.2. The molecule has 4 rings (SSSR count). The van der Waals surface area contributed by atoms with Crippen LogP contribution >= 0.6 is 35.0 Å². The predicted octanol–water partition coefficient (Wildman–Crippen LogP) is 6.45. The fourth-order valence-corrected chi connectivity index (χ4v) is 3.70. The first kappa shape index (κ1) is 18.9. The molecule has 2 heterocycles. The van der Waals surface area contributed by atoms with Crippen LogP contribution in [0.25, 0.3) is 17.4 Å². The average Bonchev–Trinajstić information content (AvgIpc) is 3.27. The van der Waals surface area contributed by atoms with Gasteiger partial charge in [0, 0.05) is 11.6 Å². The second kappa shape index (κ2) is 7.87. The van der Waals surface area contributed by atoms with Gasteiger partial charge in [-0.2, -0.15) is 0 Å². The lowest BCUT2D eigenvalue weighted by Crippen LogP contribution is -2.19. The Balaban J connectivity index is 1.54. The summed E-state index contributed by atoms with van der Waals surface area (Å²) in [5.74, 6) is 1.00. The standard InChI is InChI=1S/C21H14Cl2N2O2S/c1-12-2-5-14(6-3-12)24-21-25-20(26)19(28-21)11-15-7-9-18(27-15)13-4-8-16(22)17(23)10-13/h2-11H,1H3,(H,24,25,26)/b19-11+. The number of amidine groups is 1. The van der Waals surface area contributed by atoms with Gasteiger partial charge in [-0.3, -0.25) is 4.79 Å². The average molecular weight is 429 g/mol. The van der Waals surface area contributed by atoms with Crippen LogP contribution in [0.3, 0.4) is 0 Å². The van der Waals surface area contributed by atoms with E-state index < -0.39 is 0 Å². The van der Waals surface area contributed by atoms with Gasteiger partial charge in [-0.25, -0.2) is 4.99 Å². The highest BCUT2D eigenvalue weighted by atomic mass is 35.5. The third-order valence-electron chi connectivity index (χ3n) is 4.02. The Bertz CT molecular complexity index is 1120. The number of furan rings is 1. The van der Waals surface area contributed by atoms with Crippen molar-refractivity contribution in [3.8, 4) is 11.3 Å². The van der Waals surface area contributed by atoms with Crippen molar-refractivity contribution in [1.29, 1.82) is 0 Å². The SMILES string of the molecule is Cc1ccc(N=C2NC(=O)/C(=C\c3ccc(-c4ccc(Cl)c(Cl)c4)o3)S2)cc1. The van der Waals surface area contributed by atoms with Gasteiger partial charge in [-0.15, -0.1) is 0 Å². The molecule has 0 saturated carbocycles. The van der Waals surface area contributed by atoms with E-state index in [1.165, 1.54) is 11.8 Å². The maximum Gasteiger partial charge on any atom is 0.264 e. The number of rotatable bonds is 3. The first-order valence-corrected chi connectivity index (χ1v) is 9.97. The van der Waals surface area contributed by atoms with E-state index in [2.05, 4.69) is 10.3 Å². The molecule has 1 aliphatic rings. The fourth-order valence-electron chi connectivity index (χ4n) is 2.58. The first-order chi connectivity index (χ1) is 13.5. The number of hydrogen-bond donors (Lipinski definition) is 1. The maximum atomic E-state index is 12.2. The molecule has 0 bridgehead atoms. The summed E-state index contributed by atoms with van der Waals surface area (Å²) in [6, 6.07) is 16.7. The number of nitrogens with zero attached hydrogens (tertiary/aromatic N) is 1. The molecule has 1 N–H and O–H groups in total. The van der Waals surface area contributed by atoms with Crippen LogP contribution in [-0.4, -0.2) is 11.1 Å². The van der Waals surface area contributed by atoms with Crippen molar-refractivity contribution >= 4 is 57.8 Å². The van der Waals surface area contributed by atoms with Gasteiger partial charge in [0.25, 0.3) is 5.91 Å². The van der Waals surface area contributed by atoms with Crippen LogP contribution in [-0.2, 0) is 4.79 Å². The summed E-state index contributed by atoms with van der Waals surface area (Å²) in [7, 11) is 0. The van der Waals surface area contributed by atoms with E-state index >= 15 is 0 Å². The number of thioether (sulfide) groups is 1. The molecule has 4 nitrogen and oxygen atoms in total. The molecule has 3 aromatic rings. The van der Waals surface area contributed by atoms with Gasteiger partial charge in [0.2, 0.25) is 0 Å². The molecule has 7 heteroatoms. The Morgan fingerprint density at radius 3 is 2.57 bits per heavy atom. The molecule has 28 heavy (non-hydrogen) atoms. The predicted molar refractivity (Wildman–Crippen MR) is 116 cm³/mol. The molecule has 1 fully saturated rings. The van der Waals surface area contributed by atoms with Crippen LogP contribution in [0.4, 0.5) is 5.69 Å². The van der Waals surface area contributed by atoms with Crippen molar-refractivity contribution < 1.29 is 9.21 Å². The van der Waals surface area contributed by atoms with Gasteiger partial charge in [0.1, 0.15) is 11.5 Å². The topological polar surface area (TPSA) is 54.6 Å². The lowest BCUT2D eigenvalue weighted by molar-refractivity contribution is -0.115. The number of amides is 1. The van der Waals surface area contributed by atoms with Crippen molar-refractivity contribution in [2.75, 3.05) is 0 Å². The Labute approximate surface area is 176 Å². The summed E-state index contributed by atoms with van der Waals surface area (Å²) in [4.78, 5) is 17.2. The Kier molecular flexibility index (Phi) is 5.31. The summed E-state index contributed by atoms with van der Waals surface area (Å²) < 4.78 is 5.83. The number of hydrogen-bond acceptors (Lipinski definition) is 4. The summed E-state index contributed by atoms with van der Waals surface area (Å²) in [5.41, 5.74) is 2.75. The number of halogens is 2. The van der Waals surface area contributed by atoms with Crippen LogP contribution in [0.5, 0.6) is 0 Å². The number of benzene rings is 2. The molecule has 2 aromatic carbocycles. The van der Waals surface area contributed by atoms with Crippen LogP contribution in [0.1, 0.15) is 11.3 Å². The molecule has 1 amide bonds. The van der Waals surface area contributed by atoms with E-state index in [9.17, 15) is 4.79 Å². The number of nitrogens with one attached hydrogen (secondary N) is 1. The number of aliphatic imine (C=N–C) groups is 1. The number of aryl methyl sites for hydroxylation is 1. The highest BCUT2D eigenvalue weighted by Crippen LogP contribution is 2.32. The Morgan fingerprint density at radius 1 is 1.04 bits per heavy atom. The van der Waals surface area contributed by atoms with Gasteiger partial charge in [-0.05, 0) is 61.2 Å². The molecule has 0 unspecified atom stereocenters. The zero-order valence-electron chi connectivity index (χ0n) is 14.7. The Morgan fingerprint density at radius 2 is 1.82 bits per heavy atom. The number of carbonyl (C=O) groups excluding carboxylic acids is 1. The van der Waals surface area contributed by atoms with Crippen LogP contribution in [0, 0.1) is 6.92 Å². The normalized spacial score (nSPS) is 16.8. The number of carbonyl (C=O) groups is 1. The van der Waals surface area contributed by atoms with E-state index in [1.54, 1.807) is 24.3 Å². The van der Waals surface area contributed by atoms with E-state index in [0.29, 0.717) is 31.6 Å². The van der Waals surface area contributed by atoms with E-state index in [-0.39, 0.29) is 5.91 Å². The van der Waals surface area contributed by atoms with Gasteiger partial charge < -0.3 is 9.73 Å². The molecule has 0 aliphatic carbocycles. The van der Waals surface area contributed by atoms with Crippen LogP contribution < -0.4 is 5.32 Å². The highest BCUT2D eigenvalue weighted by molar-refractivity contribution is 8.18. The van der Waals surface area contributed by atoms with Gasteiger partial charge in [0.15, 0.2) is 5.17 Å². The molecule has 1 aliphatic heterocycles. The lowest BCUT2D eigenvalue weighted by Gasteiger charge is -1.99. The fraction of sp³-hybridized carbons (Fsp3) is 0.0476. The summed E-state index contributed by atoms with van der Waals surface area (Å²) in [6.07, 6.45) is 1.69. The minimum atomic E-state index is -0.205. The minimum absolute atomic E-state index is 0.205. The molecule has 140 valence electrons. The quantitative estimate of drug-likeness (QED) is 0.487. The molecule has 0 radical (unpaired) electrons. The van der Waals surface area contributed by atoms with Crippen LogP contribution in [0.15, 0.2) is 68.9 Å². The van der Waals surface area contributed by atoms with Crippen molar-refractivity contribution in [3.63, 3.8) is 0 Å². The van der Waals surface area contributed by atoms with Gasteiger partial charge in [-0.1, -0.05) is 40.9 Å². The van der Waals surface area contributed by atoms with E-state index in [0.717, 1.165) is 16.8 Å². The zero-order chi connectivity index (χ0) is 19.7. The molecular formula is C21H14Cl2N2O2S. The minimum Gasteiger partial charge on any atom is -0.457 e. The Hall–Kier alpha value is -2.47. The largest absolute Gasteiger partial charge is 0.457 e. The van der Waals surface area contributed by atoms with E-state index in [4.69, 9.17) is 27.6 Å². The lowest BCUT2D eigenvalue weighted by atomic mass is 10.2. The molecule has 1 aromatic heterocycles. The highest BCUT2D eigenvalue weighted by Gasteiger charge is 2.24. The monoisotopic (exact) mass is 428 g/mol. The molecular weight excluding hydrogens is 415 g/mol. The third kappa shape index (κ3) is 4.17. The third-order valence-corrected chi connectivity index (χ3v) is 5.67. The smallest absolute Gasteiger partial charge is 0.264 e. The van der Waals surface area contributed by atoms with Crippen molar-refractivity contribution in [3.05, 3.63) is 80.9 Å². The van der Waals surface area contributed by atoms with Gasteiger partial charge in [0.05, 0.1) is 20.6 Å². The first-order valence-electron chi connectivity index (χ1n) is 8.39. The van der Waals surface area contributed by atoms with Crippen LogP contribution in [0.2, 0.25) is 10.0 Å². The van der Waals surface area contributed by atoms with Crippen molar-refractivity contribution in [2.24, 2.45) is 4.99 Å². The molecule has 0 atom stereocenters. The molecule has 1 saturated heterocycles. The van der Waals surface area contributed by atoms with Crippen molar-refractivity contribution in [1.82, 2.24) is 5.32 Å². The second-order valence-corrected chi connectivity index (χ2v) is 7.99. The summed E-state index contributed by atoms with van der Waals surface area (Å²) >= 11 is 13.3. The zero-order valence-corrected chi connectivity index (χ0v) is 17.0. The summed E-state index contributed by atoms with van der Waals surface area (Å²) in [5, 5.41) is 4.25. The van der Waals surface area contributed by atoms with Crippen molar-refractivity contribution in [2.45, 2.75) is 6.92 Å².